The number of imide groups is 1. The number of aromatic nitrogens is 1. The Morgan fingerprint density at radius 3 is 2.20 bits per heavy atom. The van der Waals surface area contributed by atoms with Crippen molar-refractivity contribution in [2.45, 2.75) is 78.4 Å². The lowest BCUT2D eigenvalue weighted by Crippen LogP contribution is -2.47. The molecule has 1 saturated carbocycles. The minimum atomic E-state index is -0.924. The van der Waals surface area contributed by atoms with E-state index < -0.39 is 23.6 Å². The lowest BCUT2D eigenvalue weighted by molar-refractivity contribution is -0.132. The van der Waals surface area contributed by atoms with Crippen LogP contribution in [-0.2, 0) is 25.6 Å². The zero-order valence-corrected chi connectivity index (χ0v) is 35.1. The summed E-state index contributed by atoms with van der Waals surface area (Å²) in [6.07, 6.45) is 1.83. The minimum absolute atomic E-state index is 0.107. The van der Waals surface area contributed by atoms with Gasteiger partial charge in [0, 0.05) is 61.3 Å². The van der Waals surface area contributed by atoms with Gasteiger partial charge in [0.05, 0.1) is 36.8 Å². The van der Waals surface area contributed by atoms with E-state index in [1.165, 1.54) is 12.1 Å². The van der Waals surface area contributed by atoms with Crippen LogP contribution in [0.4, 0.5) is 5.69 Å². The Morgan fingerprint density at radius 1 is 0.820 bits per heavy atom. The number of rotatable bonds is 16. The molecule has 0 radical (unpaired) electrons. The molecule has 1 aliphatic carbocycles. The monoisotopic (exact) mass is 832 g/mol. The van der Waals surface area contributed by atoms with Crippen molar-refractivity contribution >= 4 is 35.0 Å². The number of ketones is 2. The lowest BCUT2D eigenvalue weighted by Gasteiger charge is -2.37. The van der Waals surface area contributed by atoms with Crippen molar-refractivity contribution in [1.29, 1.82) is 0 Å². The second-order valence-corrected chi connectivity index (χ2v) is 15.7. The number of aromatic amines is 1. The molecule has 1 aromatic heterocycles. The molecule has 2 fully saturated rings. The largest absolute Gasteiger partial charge is 0.491 e. The summed E-state index contributed by atoms with van der Waals surface area (Å²) in [5.41, 5.74) is 6.47. The number of hydrogen-bond donors (Lipinski definition) is 2. The van der Waals surface area contributed by atoms with Gasteiger partial charge in [-0.15, -0.1) is 0 Å². The molecule has 2 aliphatic heterocycles. The summed E-state index contributed by atoms with van der Waals surface area (Å²) in [4.78, 5) is 83.0. The van der Waals surface area contributed by atoms with Crippen LogP contribution in [0.3, 0.4) is 0 Å². The van der Waals surface area contributed by atoms with Crippen molar-refractivity contribution in [2.75, 3.05) is 51.1 Å². The minimum Gasteiger partial charge on any atom is -0.491 e. The maximum absolute atomic E-state index is 13.9. The van der Waals surface area contributed by atoms with Crippen molar-refractivity contribution in [3.05, 3.63) is 110 Å². The number of amides is 3. The Balaban J connectivity index is 0.942. The fraction of sp³-hybridized carbons (Fsp3) is 0.404. The Kier molecular flexibility index (Phi) is 13.4. The number of hydrogen-bond acceptors (Lipinski definition) is 11. The maximum Gasteiger partial charge on any atom is 0.262 e. The molecule has 320 valence electrons. The number of ether oxygens (including phenoxy) is 4. The average molecular weight is 833 g/mol. The molecule has 61 heavy (non-hydrogen) atoms. The van der Waals surface area contributed by atoms with Crippen LogP contribution in [0.15, 0.2) is 65.5 Å². The molecule has 3 heterocycles. The Hall–Kier alpha value is -6.12. The number of anilines is 1. The van der Waals surface area contributed by atoms with Crippen LogP contribution in [0.1, 0.15) is 92.5 Å². The Labute approximate surface area is 354 Å². The number of H-pyrrole nitrogens is 1. The first-order valence-electron chi connectivity index (χ1n) is 20.9. The number of carbonyl (C=O) groups is 5. The summed E-state index contributed by atoms with van der Waals surface area (Å²) in [7, 11) is 0. The molecule has 3 amide bonds. The zero-order valence-electron chi connectivity index (χ0n) is 35.1. The maximum atomic E-state index is 13.9. The zero-order chi connectivity index (χ0) is 43.2. The highest BCUT2D eigenvalue weighted by molar-refractivity contribution is 6.23. The number of benzene rings is 3. The van der Waals surface area contributed by atoms with E-state index in [0.717, 1.165) is 57.9 Å². The van der Waals surface area contributed by atoms with Gasteiger partial charge in [0.1, 0.15) is 30.5 Å². The van der Waals surface area contributed by atoms with E-state index in [0.29, 0.717) is 42.4 Å². The molecule has 4 aromatic rings. The standard InChI is InChI=1S/C47H52N4O10/c1-5-50(33-14-16-58-17-15-33)42-24-32(23-38(30(42)4)44(54)48-27-40-28(2)22-29(3)49-45(40)55)31-6-9-35(10-7-31)60-20-18-59-19-21-61-36-11-12-37-39(26-36)47(57)51(46(37)56)41-13-8-34(52)25-43(41)53/h6-7,9-12,22-24,26,33,41H,5,8,13-21,25,27H2,1-4H3,(H,48,54)(H,49,55). The van der Waals surface area contributed by atoms with Gasteiger partial charge in [0.15, 0.2) is 5.78 Å². The van der Waals surface area contributed by atoms with E-state index in [9.17, 15) is 28.8 Å². The number of fused-ring (bicyclic) bond motifs is 1. The first kappa shape index (κ1) is 43.0. The smallest absolute Gasteiger partial charge is 0.262 e. The van der Waals surface area contributed by atoms with Crippen molar-refractivity contribution in [1.82, 2.24) is 15.2 Å². The van der Waals surface area contributed by atoms with Gasteiger partial charge in [-0.25, -0.2) is 0 Å². The second-order valence-electron chi connectivity index (χ2n) is 15.7. The molecular weight excluding hydrogens is 781 g/mol. The molecule has 0 bridgehead atoms. The van der Waals surface area contributed by atoms with Gasteiger partial charge >= 0.3 is 0 Å². The fourth-order valence-electron chi connectivity index (χ4n) is 8.41. The summed E-state index contributed by atoms with van der Waals surface area (Å²) in [5.74, 6) is -0.909. The lowest BCUT2D eigenvalue weighted by atomic mass is 9.92. The van der Waals surface area contributed by atoms with E-state index in [-0.39, 0.29) is 80.0 Å². The molecule has 1 unspecified atom stereocenters. The molecule has 3 aliphatic rings. The highest BCUT2D eigenvalue weighted by Crippen LogP contribution is 2.35. The average Bonchev–Trinajstić information content (AvgIpc) is 3.49. The molecule has 1 atom stereocenters. The molecule has 7 rings (SSSR count). The molecule has 1 saturated heterocycles. The van der Waals surface area contributed by atoms with Crippen LogP contribution < -0.4 is 25.2 Å². The number of nitrogens with one attached hydrogen (secondary N) is 2. The third-order valence-corrected chi connectivity index (χ3v) is 11.6. The molecule has 14 nitrogen and oxygen atoms in total. The van der Waals surface area contributed by atoms with Gasteiger partial charge in [-0.1, -0.05) is 12.1 Å². The quantitative estimate of drug-likeness (QED) is 0.0810. The van der Waals surface area contributed by atoms with Crippen molar-refractivity contribution in [3.63, 3.8) is 0 Å². The summed E-state index contributed by atoms with van der Waals surface area (Å²) >= 11 is 0. The van der Waals surface area contributed by atoms with Gasteiger partial charge in [-0.3, -0.25) is 33.7 Å². The van der Waals surface area contributed by atoms with Crippen molar-refractivity contribution < 1.29 is 42.9 Å². The normalized spacial score (nSPS) is 16.8. The summed E-state index contributed by atoms with van der Waals surface area (Å²) in [6.45, 7) is 11.1. The van der Waals surface area contributed by atoms with Gasteiger partial charge in [0.2, 0.25) is 0 Å². The number of carbonyl (C=O) groups excluding carboxylic acids is 5. The Morgan fingerprint density at radius 2 is 1.51 bits per heavy atom. The predicted octanol–water partition coefficient (Wildman–Crippen LogP) is 5.66. The molecule has 14 heteroatoms. The number of nitrogens with zero attached hydrogens (tertiary/aromatic N) is 2. The van der Waals surface area contributed by atoms with E-state index in [2.05, 4.69) is 28.2 Å². The van der Waals surface area contributed by atoms with Crippen LogP contribution in [0, 0.1) is 20.8 Å². The summed E-state index contributed by atoms with van der Waals surface area (Å²) in [5, 5.41) is 3.00. The number of aryl methyl sites for hydroxylation is 2. The van der Waals surface area contributed by atoms with E-state index in [1.807, 2.05) is 57.2 Å². The summed E-state index contributed by atoms with van der Waals surface area (Å²) in [6, 6.07) is 17.6. The molecule has 0 spiro atoms. The van der Waals surface area contributed by atoms with E-state index in [1.54, 1.807) is 6.07 Å². The van der Waals surface area contributed by atoms with Crippen LogP contribution in [-0.4, -0.2) is 97.4 Å². The van der Waals surface area contributed by atoms with E-state index in [4.69, 9.17) is 18.9 Å². The third-order valence-electron chi connectivity index (χ3n) is 11.6. The first-order valence-corrected chi connectivity index (χ1v) is 20.9. The fourth-order valence-corrected chi connectivity index (χ4v) is 8.41. The highest BCUT2D eigenvalue weighted by Gasteiger charge is 2.44. The van der Waals surface area contributed by atoms with Crippen LogP contribution in [0.5, 0.6) is 11.5 Å². The topological polar surface area (TPSA) is 174 Å². The SMILES string of the molecule is CCN(c1cc(-c2ccc(OCCOCCOc3ccc4c(c3)C(=O)N(C3CCC(=O)CC3=O)C4=O)cc2)cc(C(=O)NCc2c(C)cc(C)[nH]c2=O)c1C)C1CCOCC1. The molecule has 2 N–H and O–H groups in total. The third kappa shape index (κ3) is 9.60. The second kappa shape index (κ2) is 19.1. The van der Waals surface area contributed by atoms with Crippen LogP contribution in [0.2, 0.25) is 0 Å². The van der Waals surface area contributed by atoms with Gasteiger partial charge in [-0.05, 0) is 118 Å². The molecule has 3 aromatic carbocycles. The van der Waals surface area contributed by atoms with Crippen LogP contribution >= 0.6 is 0 Å². The van der Waals surface area contributed by atoms with E-state index >= 15 is 0 Å². The Bertz CT molecular complexity index is 2380. The first-order chi connectivity index (χ1) is 29.4. The van der Waals surface area contributed by atoms with Gasteiger partial charge in [-0.2, -0.15) is 0 Å². The van der Waals surface area contributed by atoms with Crippen molar-refractivity contribution in [3.8, 4) is 22.6 Å². The van der Waals surface area contributed by atoms with Crippen LogP contribution in [0.25, 0.3) is 11.1 Å². The summed E-state index contributed by atoms with van der Waals surface area (Å²) < 4.78 is 23.1. The highest BCUT2D eigenvalue weighted by atomic mass is 16.5. The number of pyridine rings is 1. The predicted molar refractivity (Wildman–Crippen MR) is 228 cm³/mol. The van der Waals surface area contributed by atoms with Crippen molar-refractivity contribution in [2.24, 2.45) is 0 Å². The molecular formula is C47H52N4O10. The van der Waals surface area contributed by atoms with Gasteiger partial charge < -0.3 is 34.1 Å². The number of Topliss-reactive ketones (excluding diaryl/α,β-unsaturated/α-hetero) is 2. The van der Waals surface area contributed by atoms with Gasteiger partial charge in [0.25, 0.3) is 23.3 Å².